The van der Waals surface area contributed by atoms with Crippen LogP contribution < -0.4 is 5.32 Å². The largest absolute Gasteiger partial charge is 0.462 e. The molecule has 0 spiro atoms. The molecule has 1 aromatic carbocycles. The molecule has 32 heavy (non-hydrogen) atoms. The summed E-state index contributed by atoms with van der Waals surface area (Å²) >= 11 is 5.74. The van der Waals surface area contributed by atoms with Crippen molar-refractivity contribution < 1.29 is 27.5 Å². The number of nitrogens with zero attached hydrogens (tertiary/aromatic N) is 4. The number of hydrogen-bond acceptors (Lipinski definition) is 5. The molecule has 0 bridgehead atoms. The average Bonchev–Trinajstić information content (AvgIpc) is 3.28. The zero-order chi connectivity index (χ0) is 23.5. The second-order valence-corrected chi connectivity index (χ2v) is 7.02. The van der Waals surface area contributed by atoms with E-state index < -0.39 is 28.8 Å². The van der Waals surface area contributed by atoms with Crippen LogP contribution in [0.15, 0.2) is 36.5 Å². The lowest BCUT2D eigenvalue weighted by atomic mass is 10.3. The summed E-state index contributed by atoms with van der Waals surface area (Å²) in [4.78, 5) is 24.9. The molecule has 0 saturated carbocycles. The molecule has 3 aromatic rings. The van der Waals surface area contributed by atoms with Gasteiger partial charge in [-0.2, -0.15) is 23.4 Å². The molecule has 0 unspecified atom stereocenters. The predicted octanol–water partition coefficient (Wildman–Crippen LogP) is 4.25. The first-order valence-corrected chi connectivity index (χ1v) is 9.91. The number of alkyl halides is 3. The molecule has 0 aliphatic rings. The summed E-state index contributed by atoms with van der Waals surface area (Å²) in [5.41, 5.74) is -0.484. The van der Waals surface area contributed by atoms with Crippen molar-refractivity contribution >= 4 is 29.3 Å². The third-order valence-electron chi connectivity index (χ3n) is 4.48. The Labute approximate surface area is 185 Å². The van der Waals surface area contributed by atoms with E-state index in [-0.39, 0.29) is 36.6 Å². The highest BCUT2D eigenvalue weighted by Crippen LogP contribution is 2.35. The highest BCUT2D eigenvalue weighted by atomic mass is 35.5. The van der Waals surface area contributed by atoms with Gasteiger partial charge in [-0.05, 0) is 26.0 Å². The van der Waals surface area contributed by atoms with E-state index in [1.54, 1.807) is 37.3 Å². The number of carbonyl (C=O) groups excluding carboxylic acids is 2. The van der Waals surface area contributed by atoms with Gasteiger partial charge in [0.1, 0.15) is 5.56 Å². The summed E-state index contributed by atoms with van der Waals surface area (Å²) in [6.07, 6.45) is -3.65. The molecule has 2 heterocycles. The van der Waals surface area contributed by atoms with Gasteiger partial charge >= 0.3 is 12.1 Å². The van der Waals surface area contributed by atoms with Crippen LogP contribution >= 0.6 is 11.6 Å². The molecule has 8 nitrogen and oxygen atoms in total. The van der Waals surface area contributed by atoms with Crippen molar-refractivity contribution in [3.05, 3.63) is 58.5 Å². The lowest BCUT2D eigenvalue weighted by Gasteiger charge is -2.11. The Balaban J connectivity index is 1.82. The van der Waals surface area contributed by atoms with E-state index in [1.807, 2.05) is 0 Å². The number of hydrogen-bond donors (Lipinski definition) is 1. The minimum atomic E-state index is -4.70. The number of amides is 1. The number of ether oxygens (including phenoxy) is 1. The van der Waals surface area contributed by atoms with Crippen LogP contribution in [0.3, 0.4) is 0 Å². The van der Waals surface area contributed by atoms with Crippen LogP contribution in [0.1, 0.15) is 35.1 Å². The van der Waals surface area contributed by atoms with Gasteiger partial charge in [0, 0.05) is 6.42 Å². The highest BCUT2D eigenvalue weighted by molar-refractivity contribution is 6.31. The number of aryl methyl sites for hydroxylation is 1. The van der Waals surface area contributed by atoms with E-state index >= 15 is 0 Å². The number of nitrogens with one attached hydrogen (secondary N) is 1. The van der Waals surface area contributed by atoms with Gasteiger partial charge in [0.2, 0.25) is 5.91 Å². The summed E-state index contributed by atoms with van der Waals surface area (Å²) < 4.78 is 46.4. The Morgan fingerprint density at radius 3 is 2.50 bits per heavy atom. The number of aromatic nitrogens is 4. The first kappa shape index (κ1) is 23.3. The van der Waals surface area contributed by atoms with Gasteiger partial charge in [-0.25, -0.2) is 9.48 Å². The molecule has 12 heteroatoms. The fourth-order valence-electron chi connectivity index (χ4n) is 2.92. The Hall–Kier alpha value is -3.34. The topological polar surface area (TPSA) is 91.0 Å². The van der Waals surface area contributed by atoms with Crippen molar-refractivity contribution in [1.29, 1.82) is 0 Å². The second-order valence-electron chi connectivity index (χ2n) is 6.64. The number of carbonyl (C=O) groups is 2. The minimum Gasteiger partial charge on any atom is -0.462 e. The molecular formula is C20H19ClF3N5O3. The third kappa shape index (κ3) is 4.93. The molecule has 2 aromatic heterocycles. The van der Waals surface area contributed by atoms with Crippen molar-refractivity contribution in [2.24, 2.45) is 0 Å². The second kappa shape index (κ2) is 9.43. The summed E-state index contributed by atoms with van der Waals surface area (Å²) in [5.74, 6) is -1.15. The maximum Gasteiger partial charge on any atom is 0.436 e. The molecule has 0 saturated heterocycles. The third-order valence-corrected chi connectivity index (χ3v) is 4.93. The number of anilines is 1. The van der Waals surface area contributed by atoms with Crippen LogP contribution in [0.5, 0.6) is 0 Å². The van der Waals surface area contributed by atoms with E-state index in [0.29, 0.717) is 5.69 Å². The molecule has 0 fully saturated rings. The molecule has 0 atom stereocenters. The van der Waals surface area contributed by atoms with E-state index in [1.165, 1.54) is 17.8 Å². The minimum absolute atomic E-state index is 0.0433. The standard InChI is InChI=1S/C20H19ClF3N5O3/c1-3-32-19(31)14-11-25-29(13-7-5-4-6-8-13)18(14)26-15(30)9-10-28-12(2)16(21)17(27-28)20(22,23)24/h4-8,11H,3,9-10H2,1-2H3,(H,26,30). The Bertz CT molecular complexity index is 1130. The van der Waals surface area contributed by atoms with Gasteiger partial charge in [0.25, 0.3) is 0 Å². The van der Waals surface area contributed by atoms with Gasteiger partial charge < -0.3 is 10.1 Å². The Morgan fingerprint density at radius 1 is 1.22 bits per heavy atom. The first-order chi connectivity index (χ1) is 15.1. The van der Waals surface area contributed by atoms with Crippen LogP contribution in [0.2, 0.25) is 5.02 Å². The lowest BCUT2D eigenvalue weighted by molar-refractivity contribution is -0.141. The van der Waals surface area contributed by atoms with Crippen molar-refractivity contribution in [1.82, 2.24) is 19.6 Å². The summed E-state index contributed by atoms with van der Waals surface area (Å²) in [6.45, 7) is 3.00. The van der Waals surface area contributed by atoms with E-state index in [0.717, 1.165) is 4.68 Å². The van der Waals surface area contributed by atoms with Crippen LogP contribution in [-0.4, -0.2) is 38.0 Å². The van der Waals surface area contributed by atoms with Gasteiger partial charge in [-0.15, -0.1) is 0 Å². The Morgan fingerprint density at radius 2 is 1.91 bits per heavy atom. The first-order valence-electron chi connectivity index (χ1n) is 9.54. The van der Waals surface area contributed by atoms with Crippen molar-refractivity contribution in [3.8, 4) is 5.69 Å². The fourth-order valence-corrected chi connectivity index (χ4v) is 3.16. The van der Waals surface area contributed by atoms with Crippen molar-refractivity contribution in [2.45, 2.75) is 33.0 Å². The predicted molar refractivity (Wildman–Crippen MR) is 110 cm³/mol. The van der Waals surface area contributed by atoms with Crippen LogP contribution in [0, 0.1) is 6.92 Å². The lowest BCUT2D eigenvalue weighted by Crippen LogP contribution is -2.20. The van der Waals surface area contributed by atoms with Crippen LogP contribution in [0.4, 0.5) is 19.0 Å². The van der Waals surface area contributed by atoms with Crippen LogP contribution in [-0.2, 0) is 22.3 Å². The van der Waals surface area contributed by atoms with Gasteiger partial charge in [0.05, 0.1) is 35.8 Å². The quantitative estimate of drug-likeness (QED) is 0.522. The number of esters is 1. The fraction of sp³-hybridized carbons (Fsp3) is 0.300. The van der Waals surface area contributed by atoms with E-state index in [2.05, 4.69) is 15.5 Å². The maximum atomic E-state index is 13.0. The number of halogens is 4. The summed E-state index contributed by atoms with van der Waals surface area (Å²) in [7, 11) is 0. The average molecular weight is 470 g/mol. The van der Waals surface area contributed by atoms with E-state index in [9.17, 15) is 22.8 Å². The van der Waals surface area contributed by atoms with Gasteiger partial charge in [0.15, 0.2) is 11.5 Å². The molecular weight excluding hydrogens is 451 g/mol. The van der Waals surface area contributed by atoms with Crippen molar-refractivity contribution in [3.63, 3.8) is 0 Å². The zero-order valence-electron chi connectivity index (χ0n) is 17.1. The summed E-state index contributed by atoms with van der Waals surface area (Å²) in [5, 5.41) is 9.72. The highest BCUT2D eigenvalue weighted by Gasteiger charge is 2.38. The molecule has 0 aliphatic carbocycles. The van der Waals surface area contributed by atoms with Gasteiger partial charge in [-0.1, -0.05) is 29.8 Å². The molecule has 1 N–H and O–H groups in total. The maximum absolute atomic E-state index is 13.0. The number of rotatable bonds is 7. The molecule has 1 amide bonds. The summed E-state index contributed by atoms with van der Waals surface area (Å²) in [6, 6.07) is 8.77. The SMILES string of the molecule is CCOC(=O)c1cnn(-c2ccccc2)c1NC(=O)CCn1nc(C(F)(F)F)c(Cl)c1C. The smallest absolute Gasteiger partial charge is 0.436 e. The van der Waals surface area contributed by atoms with Crippen LogP contribution in [0.25, 0.3) is 5.69 Å². The molecule has 3 rings (SSSR count). The zero-order valence-corrected chi connectivity index (χ0v) is 17.9. The van der Waals surface area contributed by atoms with Crippen molar-refractivity contribution in [2.75, 3.05) is 11.9 Å². The number of benzene rings is 1. The van der Waals surface area contributed by atoms with Gasteiger partial charge in [-0.3, -0.25) is 9.48 Å². The molecule has 0 radical (unpaired) electrons. The molecule has 170 valence electrons. The number of para-hydroxylation sites is 1. The normalized spacial score (nSPS) is 11.4. The van der Waals surface area contributed by atoms with E-state index in [4.69, 9.17) is 16.3 Å². The Kier molecular flexibility index (Phi) is 6.87. The molecule has 0 aliphatic heterocycles. The monoisotopic (exact) mass is 469 g/mol.